The molecule has 0 radical (unpaired) electrons. The van der Waals surface area contributed by atoms with Crippen LogP contribution in [0.5, 0.6) is 0 Å². The number of nitrogens with one attached hydrogen (secondary N) is 1. The van der Waals surface area contributed by atoms with Crippen LogP contribution in [0.3, 0.4) is 0 Å². The molecule has 0 bridgehead atoms. The number of hydrogen-bond acceptors (Lipinski definition) is 2. The molecule has 3 nitrogen and oxygen atoms in total. The number of carbonyl (C=O) groups is 1. The van der Waals surface area contributed by atoms with Gasteiger partial charge in [0.2, 0.25) is 5.91 Å². The van der Waals surface area contributed by atoms with Crippen molar-refractivity contribution in [1.82, 2.24) is 10.2 Å². The van der Waals surface area contributed by atoms with Crippen molar-refractivity contribution < 1.29 is 18.0 Å². The highest BCUT2D eigenvalue weighted by Gasteiger charge is 2.32. The zero-order chi connectivity index (χ0) is 15.5. The fourth-order valence-corrected chi connectivity index (χ4v) is 2.57. The molecule has 116 valence electrons. The first-order valence-corrected chi connectivity index (χ1v) is 7.03. The van der Waals surface area contributed by atoms with Crippen LogP contribution in [0, 0.1) is 6.92 Å². The number of hydrogen-bond donors (Lipinski definition) is 1. The number of aryl methyl sites for hydroxylation is 1. The van der Waals surface area contributed by atoms with Crippen LogP contribution in [0.1, 0.15) is 36.6 Å². The van der Waals surface area contributed by atoms with Crippen molar-refractivity contribution in [2.24, 2.45) is 0 Å². The number of carbonyl (C=O) groups excluding carboxylic acids is 1. The first-order chi connectivity index (χ1) is 9.88. The summed E-state index contributed by atoms with van der Waals surface area (Å²) in [5.74, 6) is -0.0599. The minimum atomic E-state index is -4.12. The third kappa shape index (κ3) is 4.20. The van der Waals surface area contributed by atoms with Crippen molar-refractivity contribution in [1.29, 1.82) is 0 Å². The molecule has 1 aliphatic heterocycles. The van der Waals surface area contributed by atoms with Gasteiger partial charge in [0.1, 0.15) is 6.17 Å². The smallest absolute Gasteiger partial charge is 0.322 e. The van der Waals surface area contributed by atoms with E-state index < -0.39 is 12.6 Å². The Bertz CT molecular complexity index is 502. The summed E-state index contributed by atoms with van der Waals surface area (Å²) in [6.07, 6.45) is -4.74. The number of unbranched alkanes of at least 4 members (excludes halogenated alkanes) is 1. The molecule has 1 saturated heterocycles. The van der Waals surface area contributed by atoms with Gasteiger partial charge in [-0.25, -0.2) is 0 Å². The van der Waals surface area contributed by atoms with Crippen molar-refractivity contribution in [2.45, 2.75) is 38.5 Å². The molecular weight excluding hydrogens is 281 g/mol. The molecule has 1 fully saturated rings. The monoisotopic (exact) mass is 300 g/mol. The Hall–Kier alpha value is -1.56. The van der Waals surface area contributed by atoms with Crippen molar-refractivity contribution in [2.75, 3.05) is 13.1 Å². The minimum absolute atomic E-state index is 0.0494. The second-order valence-electron chi connectivity index (χ2n) is 5.30. The van der Waals surface area contributed by atoms with Crippen molar-refractivity contribution in [3.8, 4) is 0 Å². The second kappa shape index (κ2) is 6.47. The van der Waals surface area contributed by atoms with E-state index in [0.29, 0.717) is 13.0 Å². The lowest BCUT2D eigenvalue weighted by atomic mass is 10.1. The molecule has 1 aliphatic rings. The number of benzene rings is 1. The summed E-state index contributed by atoms with van der Waals surface area (Å²) in [5.41, 5.74) is 2.06. The van der Waals surface area contributed by atoms with E-state index in [1.54, 1.807) is 4.90 Å². The van der Waals surface area contributed by atoms with Crippen LogP contribution in [0.4, 0.5) is 13.2 Å². The van der Waals surface area contributed by atoms with Gasteiger partial charge in [-0.05, 0) is 30.9 Å². The molecule has 0 aliphatic carbocycles. The highest BCUT2D eigenvalue weighted by atomic mass is 19.4. The van der Waals surface area contributed by atoms with Gasteiger partial charge < -0.3 is 4.90 Å². The van der Waals surface area contributed by atoms with Gasteiger partial charge in [0.15, 0.2) is 0 Å². The number of amides is 1. The van der Waals surface area contributed by atoms with Crippen LogP contribution in [-0.2, 0) is 4.79 Å². The highest BCUT2D eigenvalue weighted by Crippen LogP contribution is 2.27. The van der Waals surface area contributed by atoms with E-state index >= 15 is 0 Å². The Morgan fingerprint density at radius 2 is 2.00 bits per heavy atom. The zero-order valence-corrected chi connectivity index (χ0v) is 11.9. The molecule has 1 aromatic carbocycles. The summed E-state index contributed by atoms with van der Waals surface area (Å²) in [6.45, 7) is 2.54. The molecule has 2 rings (SSSR count). The molecule has 1 atom stereocenters. The van der Waals surface area contributed by atoms with Crippen LogP contribution in [0.15, 0.2) is 24.3 Å². The normalized spacial score (nSPS) is 19.3. The molecule has 0 aromatic heterocycles. The van der Waals surface area contributed by atoms with Crippen LogP contribution >= 0.6 is 0 Å². The van der Waals surface area contributed by atoms with Gasteiger partial charge in [0.25, 0.3) is 0 Å². The maximum absolute atomic E-state index is 12.1. The molecule has 6 heteroatoms. The van der Waals surface area contributed by atoms with Crippen LogP contribution in [0.25, 0.3) is 0 Å². The summed E-state index contributed by atoms with van der Waals surface area (Å²) < 4.78 is 36.4. The van der Waals surface area contributed by atoms with Crippen molar-refractivity contribution in [3.63, 3.8) is 0 Å². The van der Waals surface area contributed by atoms with Crippen LogP contribution in [0.2, 0.25) is 0 Å². The van der Waals surface area contributed by atoms with Gasteiger partial charge in [-0.3, -0.25) is 10.1 Å². The molecule has 1 amide bonds. The number of alkyl halides is 3. The SMILES string of the molecule is Cc1ccccc1C1NCC(=O)N1CCCCC(F)(F)F. The molecule has 1 N–H and O–H groups in total. The largest absolute Gasteiger partial charge is 0.389 e. The van der Waals surface area contributed by atoms with Gasteiger partial charge in [-0.2, -0.15) is 13.2 Å². The molecule has 1 heterocycles. The molecule has 0 spiro atoms. The fraction of sp³-hybridized carbons (Fsp3) is 0.533. The standard InChI is InChI=1S/C15H19F3N2O/c1-11-6-2-3-7-12(11)14-19-10-13(21)20(14)9-5-4-8-15(16,17)18/h2-3,6-7,14,19H,4-5,8-10H2,1H3. The van der Waals surface area contributed by atoms with E-state index in [1.807, 2.05) is 31.2 Å². The number of nitrogens with zero attached hydrogens (tertiary/aromatic N) is 1. The van der Waals surface area contributed by atoms with E-state index in [1.165, 1.54) is 0 Å². The van der Waals surface area contributed by atoms with Crippen molar-refractivity contribution in [3.05, 3.63) is 35.4 Å². The Morgan fingerprint density at radius 3 is 2.67 bits per heavy atom. The van der Waals surface area contributed by atoms with Crippen molar-refractivity contribution >= 4 is 5.91 Å². The third-order valence-corrected chi connectivity index (χ3v) is 3.67. The maximum Gasteiger partial charge on any atom is 0.389 e. The Morgan fingerprint density at radius 1 is 1.29 bits per heavy atom. The van der Waals surface area contributed by atoms with E-state index in [9.17, 15) is 18.0 Å². The first kappa shape index (κ1) is 15.8. The Labute approximate surface area is 122 Å². The van der Waals surface area contributed by atoms with Gasteiger partial charge >= 0.3 is 6.18 Å². The summed E-state index contributed by atoms with van der Waals surface area (Å²) in [7, 11) is 0. The molecule has 0 saturated carbocycles. The van der Waals surface area contributed by atoms with E-state index in [0.717, 1.165) is 11.1 Å². The van der Waals surface area contributed by atoms with Gasteiger partial charge in [-0.1, -0.05) is 24.3 Å². The third-order valence-electron chi connectivity index (χ3n) is 3.67. The van der Waals surface area contributed by atoms with Crippen LogP contribution in [-0.4, -0.2) is 30.1 Å². The summed E-state index contributed by atoms with van der Waals surface area (Å²) >= 11 is 0. The highest BCUT2D eigenvalue weighted by molar-refractivity contribution is 5.81. The van der Waals surface area contributed by atoms with E-state index in [-0.39, 0.29) is 25.0 Å². The fourth-order valence-electron chi connectivity index (χ4n) is 2.57. The van der Waals surface area contributed by atoms with Gasteiger partial charge in [0, 0.05) is 13.0 Å². The molecule has 21 heavy (non-hydrogen) atoms. The lowest BCUT2D eigenvalue weighted by Gasteiger charge is -2.26. The average Bonchev–Trinajstić information content (AvgIpc) is 2.76. The molecule has 1 unspecified atom stereocenters. The minimum Gasteiger partial charge on any atom is -0.322 e. The lowest BCUT2D eigenvalue weighted by molar-refractivity contribution is -0.136. The quantitative estimate of drug-likeness (QED) is 0.847. The lowest BCUT2D eigenvalue weighted by Crippen LogP contribution is -2.31. The number of rotatable bonds is 5. The molecule has 1 aromatic rings. The van der Waals surface area contributed by atoms with E-state index in [4.69, 9.17) is 0 Å². The summed E-state index contributed by atoms with van der Waals surface area (Å²) in [6, 6.07) is 7.72. The van der Waals surface area contributed by atoms with E-state index in [2.05, 4.69) is 5.32 Å². The second-order valence-corrected chi connectivity index (χ2v) is 5.30. The first-order valence-electron chi connectivity index (χ1n) is 7.03. The maximum atomic E-state index is 12.1. The van der Waals surface area contributed by atoms with Gasteiger partial charge in [-0.15, -0.1) is 0 Å². The topological polar surface area (TPSA) is 32.3 Å². The summed E-state index contributed by atoms with van der Waals surface area (Å²) in [4.78, 5) is 13.5. The zero-order valence-electron chi connectivity index (χ0n) is 11.9. The van der Waals surface area contributed by atoms with Gasteiger partial charge in [0.05, 0.1) is 6.54 Å². The van der Waals surface area contributed by atoms with Crippen LogP contribution < -0.4 is 5.32 Å². The Kier molecular flexibility index (Phi) is 4.88. The predicted molar refractivity (Wildman–Crippen MR) is 73.5 cm³/mol. The predicted octanol–water partition coefficient (Wildman–Crippen LogP) is 3.16. The summed E-state index contributed by atoms with van der Waals surface area (Å²) in [5, 5.41) is 3.12. The average molecular weight is 300 g/mol. The molecular formula is C15H19F3N2O. The number of halogens is 3. The Balaban J connectivity index is 1.96.